The van der Waals surface area contributed by atoms with Gasteiger partial charge in [0.15, 0.2) is 17.5 Å². The van der Waals surface area contributed by atoms with Crippen molar-refractivity contribution in [2.24, 2.45) is 0 Å². The molecule has 0 aliphatic rings. The Balaban J connectivity index is 1.05. The summed E-state index contributed by atoms with van der Waals surface area (Å²) in [5.74, 6) is 1.85. The van der Waals surface area contributed by atoms with Gasteiger partial charge in [-0.05, 0) is 98.4 Å². The minimum atomic E-state index is 0.612. The third-order valence-electron chi connectivity index (χ3n) is 13.9. The van der Waals surface area contributed by atoms with E-state index in [0.29, 0.717) is 17.5 Å². The predicted octanol–water partition coefficient (Wildman–Crippen LogP) is 16.7. The van der Waals surface area contributed by atoms with Crippen LogP contribution in [0.25, 0.3) is 133 Å². The van der Waals surface area contributed by atoms with Crippen LogP contribution in [0.2, 0.25) is 0 Å². The van der Waals surface area contributed by atoms with Gasteiger partial charge in [-0.2, -0.15) is 0 Å². The molecule has 5 heteroatoms. The molecule has 0 bridgehead atoms. The summed E-state index contributed by atoms with van der Waals surface area (Å²) in [6, 6.07) is 88.9. The molecule has 0 saturated heterocycles. The summed E-state index contributed by atoms with van der Waals surface area (Å²) < 4.78 is 4.89. The highest BCUT2D eigenvalue weighted by Crippen LogP contribution is 2.45. The SMILES string of the molecule is c1ccc(-c2cccc(-c3nc(-c4ccccc4)nc(-c4cc(-n5c6ccccc6c6cc7c8c9ccccc9c(-c9ccccc9)cc8n(-c8ccccc8)c7cc65)cc5ccccc45)n3)c2)cc1. The van der Waals surface area contributed by atoms with E-state index in [0.717, 1.165) is 66.5 Å². The molecule has 14 rings (SSSR count). The van der Waals surface area contributed by atoms with Gasteiger partial charge in [-0.3, -0.25) is 0 Å². The van der Waals surface area contributed by atoms with Gasteiger partial charge in [0.25, 0.3) is 0 Å². The zero-order chi connectivity index (χ0) is 46.1. The van der Waals surface area contributed by atoms with Gasteiger partial charge in [0.2, 0.25) is 0 Å². The largest absolute Gasteiger partial charge is 0.309 e. The van der Waals surface area contributed by atoms with E-state index in [1.165, 1.54) is 49.0 Å². The maximum Gasteiger partial charge on any atom is 0.164 e. The molecule has 0 atom stereocenters. The maximum atomic E-state index is 5.36. The second kappa shape index (κ2) is 16.1. The molecule has 3 aromatic heterocycles. The number of hydrogen-bond acceptors (Lipinski definition) is 3. The van der Waals surface area contributed by atoms with Crippen LogP contribution < -0.4 is 0 Å². The van der Waals surface area contributed by atoms with Crippen LogP contribution in [0.5, 0.6) is 0 Å². The summed E-state index contributed by atoms with van der Waals surface area (Å²) in [5, 5.41) is 9.46. The highest BCUT2D eigenvalue weighted by molar-refractivity contribution is 6.27. The lowest BCUT2D eigenvalue weighted by Gasteiger charge is -2.15. The molecule has 0 aliphatic heterocycles. The van der Waals surface area contributed by atoms with Gasteiger partial charge in [-0.25, -0.2) is 15.0 Å². The summed E-state index contributed by atoms with van der Waals surface area (Å²) in [7, 11) is 0. The minimum absolute atomic E-state index is 0.612. The summed E-state index contributed by atoms with van der Waals surface area (Å²) in [5.41, 5.74) is 14.1. The molecule has 0 saturated carbocycles. The van der Waals surface area contributed by atoms with Gasteiger partial charge < -0.3 is 9.13 Å². The Bertz CT molecular complexity index is 4330. The van der Waals surface area contributed by atoms with E-state index >= 15 is 0 Å². The molecule has 326 valence electrons. The van der Waals surface area contributed by atoms with Gasteiger partial charge in [0.1, 0.15) is 0 Å². The van der Waals surface area contributed by atoms with E-state index in [-0.39, 0.29) is 0 Å². The van der Waals surface area contributed by atoms with Crippen molar-refractivity contribution in [3.8, 4) is 67.8 Å². The second-order valence-electron chi connectivity index (χ2n) is 18.0. The fourth-order valence-corrected chi connectivity index (χ4v) is 10.7. The van der Waals surface area contributed by atoms with Crippen LogP contribution >= 0.6 is 0 Å². The monoisotopic (exact) mass is 891 g/mol. The van der Waals surface area contributed by atoms with Crippen molar-refractivity contribution >= 4 is 65.2 Å². The quantitative estimate of drug-likeness (QED) is 0.160. The van der Waals surface area contributed by atoms with Crippen molar-refractivity contribution in [1.29, 1.82) is 0 Å². The first-order chi connectivity index (χ1) is 34.7. The number of fused-ring (bicyclic) bond motifs is 9. The van der Waals surface area contributed by atoms with Crippen molar-refractivity contribution in [3.05, 3.63) is 249 Å². The van der Waals surface area contributed by atoms with Crippen LogP contribution in [-0.2, 0) is 0 Å². The summed E-state index contributed by atoms with van der Waals surface area (Å²) in [6.45, 7) is 0. The van der Waals surface area contributed by atoms with E-state index in [1.807, 2.05) is 24.3 Å². The third-order valence-corrected chi connectivity index (χ3v) is 13.9. The Morgan fingerprint density at radius 3 is 1.54 bits per heavy atom. The van der Waals surface area contributed by atoms with Crippen molar-refractivity contribution in [2.45, 2.75) is 0 Å². The first-order valence-corrected chi connectivity index (χ1v) is 23.8. The van der Waals surface area contributed by atoms with Crippen LogP contribution in [0.3, 0.4) is 0 Å². The first kappa shape index (κ1) is 39.7. The molecule has 0 radical (unpaired) electrons. The minimum Gasteiger partial charge on any atom is -0.309 e. The molecular formula is C65H41N5. The van der Waals surface area contributed by atoms with E-state index in [4.69, 9.17) is 15.0 Å². The summed E-state index contributed by atoms with van der Waals surface area (Å²) in [6.07, 6.45) is 0. The van der Waals surface area contributed by atoms with Gasteiger partial charge in [0.05, 0.1) is 22.1 Å². The number of benzene rings is 11. The molecule has 70 heavy (non-hydrogen) atoms. The van der Waals surface area contributed by atoms with Crippen LogP contribution in [0.15, 0.2) is 249 Å². The molecule has 5 nitrogen and oxygen atoms in total. The van der Waals surface area contributed by atoms with Crippen LogP contribution in [-0.4, -0.2) is 24.1 Å². The number of nitrogens with zero attached hydrogens (tertiary/aromatic N) is 5. The fraction of sp³-hybridized carbons (Fsp3) is 0. The lowest BCUT2D eigenvalue weighted by atomic mass is 9.94. The lowest BCUT2D eigenvalue weighted by molar-refractivity contribution is 1.07. The van der Waals surface area contributed by atoms with E-state index in [2.05, 4.69) is 234 Å². The van der Waals surface area contributed by atoms with Gasteiger partial charge >= 0.3 is 0 Å². The van der Waals surface area contributed by atoms with Gasteiger partial charge in [-0.1, -0.05) is 194 Å². The van der Waals surface area contributed by atoms with Gasteiger partial charge in [0, 0.05) is 49.6 Å². The summed E-state index contributed by atoms with van der Waals surface area (Å²) >= 11 is 0. The fourth-order valence-electron chi connectivity index (χ4n) is 10.7. The molecule has 0 fully saturated rings. The highest BCUT2D eigenvalue weighted by atomic mass is 15.0. The molecule has 0 aliphatic carbocycles. The molecular weight excluding hydrogens is 851 g/mol. The maximum absolute atomic E-state index is 5.36. The van der Waals surface area contributed by atoms with E-state index in [1.54, 1.807) is 0 Å². The Morgan fingerprint density at radius 1 is 0.243 bits per heavy atom. The molecule has 0 N–H and O–H groups in total. The molecule has 0 amide bonds. The smallest absolute Gasteiger partial charge is 0.164 e. The Labute approximate surface area is 403 Å². The van der Waals surface area contributed by atoms with Crippen LogP contribution in [0.1, 0.15) is 0 Å². The first-order valence-electron chi connectivity index (χ1n) is 23.8. The standard InChI is InChI=1S/C65H41N5/c1-5-20-42(21-6-1)45-27-19-28-47(36-45)64-66-63(44-24-9-3-10-25-44)67-65(68-64)56-38-49(37-46-26-13-14-31-50(46)56)70-58-35-18-17-33-52(58)55-39-57-60(41-59(55)70)69(48-29-11-4-12-30-48)61-40-54(43-22-7-2-8-23-43)51-32-15-16-34-53(51)62(57)61/h1-41H. The Morgan fingerprint density at radius 2 is 0.786 bits per heavy atom. The van der Waals surface area contributed by atoms with Crippen molar-refractivity contribution in [1.82, 2.24) is 24.1 Å². The predicted molar refractivity (Wildman–Crippen MR) is 291 cm³/mol. The molecule has 0 unspecified atom stereocenters. The molecule has 11 aromatic carbocycles. The van der Waals surface area contributed by atoms with Crippen LogP contribution in [0, 0.1) is 0 Å². The zero-order valence-corrected chi connectivity index (χ0v) is 37.9. The van der Waals surface area contributed by atoms with Crippen molar-refractivity contribution < 1.29 is 0 Å². The lowest BCUT2D eigenvalue weighted by Crippen LogP contribution is -2.02. The van der Waals surface area contributed by atoms with Crippen molar-refractivity contribution in [2.75, 3.05) is 0 Å². The van der Waals surface area contributed by atoms with E-state index in [9.17, 15) is 0 Å². The normalized spacial score (nSPS) is 11.7. The Kier molecular flexibility index (Phi) is 9.14. The third kappa shape index (κ3) is 6.44. The molecule has 14 aromatic rings. The number of para-hydroxylation sites is 2. The second-order valence-corrected chi connectivity index (χ2v) is 18.0. The average molecular weight is 892 g/mol. The number of hydrogen-bond donors (Lipinski definition) is 0. The zero-order valence-electron chi connectivity index (χ0n) is 37.9. The number of rotatable bonds is 7. The number of aromatic nitrogens is 5. The van der Waals surface area contributed by atoms with Crippen LogP contribution in [0.4, 0.5) is 0 Å². The van der Waals surface area contributed by atoms with E-state index < -0.39 is 0 Å². The van der Waals surface area contributed by atoms with Crippen molar-refractivity contribution in [3.63, 3.8) is 0 Å². The van der Waals surface area contributed by atoms with Gasteiger partial charge in [-0.15, -0.1) is 0 Å². The molecule has 3 heterocycles. The molecule has 0 spiro atoms. The average Bonchev–Trinajstić information content (AvgIpc) is 3.94. The Hall–Kier alpha value is -9.45. The highest BCUT2D eigenvalue weighted by Gasteiger charge is 2.23. The topological polar surface area (TPSA) is 48.5 Å². The summed E-state index contributed by atoms with van der Waals surface area (Å²) in [4.78, 5) is 15.8.